The monoisotopic (exact) mass is 201 g/mol. The molecule has 0 heterocycles. The number of ether oxygens (including phenoxy) is 1. The van der Waals surface area contributed by atoms with Crippen LogP contribution in [-0.2, 0) is 9.53 Å². The van der Waals surface area contributed by atoms with Crippen molar-refractivity contribution in [1.82, 2.24) is 4.90 Å². The molecule has 0 spiro atoms. The number of hydrogen-bond acceptors (Lipinski definition) is 3. The van der Waals surface area contributed by atoms with Crippen LogP contribution in [0.4, 0.5) is 0 Å². The number of nitrogens with zero attached hydrogens (tertiary/aromatic N) is 1. The van der Waals surface area contributed by atoms with Crippen LogP contribution >= 0.6 is 0 Å². The van der Waals surface area contributed by atoms with Gasteiger partial charge in [-0.15, -0.1) is 0 Å². The zero-order valence-corrected chi connectivity index (χ0v) is 9.88. The third-order valence-corrected chi connectivity index (χ3v) is 1.82. The summed E-state index contributed by atoms with van der Waals surface area (Å²) in [6, 6.07) is 0. The summed E-state index contributed by atoms with van der Waals surface area (Å²) in [7, 11) is 0. The fourth-order valence-electron chi connectivity index (χ4n) is 1.46. The maximum Gasteiger partial charge on any atom is 0.320 e. The molecule has 0 aromatic carbocycles. The van der Waals surface area contributed by atoms with Gasteiger partial charge >= 0.3 is 5.97 Å². The van der Waals surface area contributed by atoms with Crippen molar-refractivity contribution >= 4 is 5.97 Å². The normalized spacial score (nSPS) is 11.0. The Kier molecular flexibility index (Phi) is 7.48. The molecule has 0 saturated heterocycles. The Morgan fingerprint density at radius 3 is 2.43 bits per heavy atom. The zero-order chi connectivity index (χ0) is 11.0. The highest BCUT2D eigenvalue weighted by Crippen LogP contribution is 2.00. The van der Waals surface area contributed by atoms with Crippen molar-refractivity contribution in [2.24, 2.45) is 5.92 Å². The van der Waals surface area contributed by atoms with E-state index < -0.39 is 0 Å². The Bertz CT molecular complexity index is 157. The average molecular weight is 201 g/mol. The molecule has 0 amide bonds. The van der Waals surface area contributed by atoms with Crippen molar-refractivity contribution < 1.29 is 9.53 Å². The van der Waals surface area contributed by atoms with E-state index in [1.54, 1.807) is 0 Å². The van der Waals surface area contributed by atoms with Gasteiger partial charge in [-0.05, 0) is 25.8 Å². The van der Waals surface area contributed by atoms with Crippen LogP contribution in [0.1, 0.15) is 34.1 Å². The molecule has 0 N–H and O–H groups in total. The van der Waals surface area contributed by atoms with E-state index in [9.17, 15) is 4.79 Å². The predicted octanol–water partition coefficient (Wildman–Crippen LogP) is 1.92. The van der Waals surface area contributed by atoms with Crippen molar-refractivity contribution in [3.63, 3.8) is 0 Å². The second-order valence-corrected chi connectivity index (χ2v) is 3.93. The molecule has 0 atom stereocenters. The van der Waals surface area contributed by atoms with Crippen molar-refractivity contribution in [3.8, 4) is 0 Å². The van der Waals surface area contributed by atoms with Gasteiger partial charge in [0.1, 0.15) is 0 Å². The molecule has 0 aromatic rings. The van der Waals surface area contributed by atoms with Crippen LogP contribution in [0.3, 0.4) is 0 Å². The Morgan fingerprint density at radius 1 is 1.36 bits per heavy atom. The largest absolute Gasteiger partial charge is 0.465 e. The first-order valence-corrected chi connectivity index (χ1v) is 5.48. The van der Waals surface area contributed by atoms with Crippen molar-refractivity contribution in [3.05, 3.63) is 0 Å². The van der Waals surface area contributed by atoms with Crippen LogP contribution in [0, 0.1) is 5.92 Å². The molecule has 0 aliphatic carbocycles. The van der Waals surface area contributed by atoms with Gasteiger partial charge in [0.25, 0.3) is 0 Å². The second-order valence-electron chi connectivity index (χ2n) is 3.93. The molecule has 14 heavy (non-hydrogen) atoms. The van der Waals surface area contributed by atoms with E-state index in [-0.39, 0.29) is 5.97 Å². The van der Waals surface area contributed by atoms with Crippen molar-refractivity contribution in [2.45, 2.75) is 34.1 Å². The molecule has 3 nitrogen and oxygen atoms in total. The number of carbonyl (C=O) groups excluding carboxylic acids is 1. The standard InChI is InChI=1S/C11H23NO2/c1-5-7-12(8-10(3)4)9-11(13)14-6-2/h10H,5-9H2,1-4H3. The van der Waals surface area contributed by atoms with Gasteiger partial charge in [-0.3, -0.25) is 9.69 Å². The highest BCUT2D eigenvalue weighted by Gasteiger charge is 2.11. The lowest BCUT2D eigenvalue weighted by Gasteiger charge is -2.22. The van der Waals surface area contributed by atoms with Gasteiger partial charge in [0.2, 0.25) is 0 Å². The first-order valence-electron chi connectivity index (χ1n) is 5.48. The molecule has 0 fully saturated rings. The van der Waals surface area contributed by atoms with E-state index >= 15 is 0 Å². The molecule has 3 heteroatoms. The van der Waals surface area contributed by atoms with Gasteiger partial charge in [-0.1, -0.05) is 20.8 Å². The van der Waals surface area contributed by atoms with E-state index in [1.807, 2.05) is 6.92 Å². The van der Waals surface area contributed by atoms with Crippen LogP contribution < -0.4 is 0 Å². The third kappa shape index (κ3) is 6.89. The molecule has 0 aliphatic heterocycles. The van der Waals surface area contributed by atoms with Gasteiger partial charge in [0, 0.05) is 6.54 Å². The van der Waals surface area contributed by atoms with E-state index in [0.717, 1.165) is 19.5 Å². The minimum absolute atomic E-state index is 0.110. The molecule has 0 aromatic heterocycles. The molecular weight excluding hydrogens is 178 g/mol. The van der Waals surface area contributed by atoms with Crippen LogP contribution in [0.25, 0.3) is 0 Å². The molecule has 0 bridgehead atoms. The smallest absolute Gasteiger partial charge is 0.320 e. The van der Waals surface area contributed by atoms with Crippen LogP contribution in [0.2, 0.25) is 0 Å². The first-order chi connectivity index (χ1) is 6.60. The Hall–Kier alpha value is -0.570. The Labute approximate surface area is 87.4 Å². The maximum absolute atomic E-state index is 11.2. The van der Waals surface area contributed by atoms with Gasteiger partial charge in [-0.2, -0.15) is 0 Å². The summed E-state index contributed by atoms with van der Waals surface area (Å²) >= 11 is 0. The highest BCUT2D eigenvalue weighted by atomic mass is 16.5. The van der Waals surface area contributed by atoms with Gasteiger partial charge in [0.15, 0.2) is 0 Å². The predicted molar refractivity (Wildman–Crippen MR) is 58.2 cm³/mol. The molecule has 0 unspecified atom stereocenters. The van der Waals surface area contributed by atoms with E-state index in [4.69, 9.17) is 4.74 Å². The molecule has 84 valence electrons. The summed E-state index contributed by atoms with van der Waals surface area (Å²) in [6.07, 6.45) is 1.08. The summed E-state index contributed by atoms with van der Waals surface area (Å²) in [5, 5.41) is 0. The minimum atomic E-state index is -0.110. The van der Waals surface area contributed by atoms with Crippen molar-refractivity contribution in [2.75, 3.05) is 26.2 Å². The van der Waals surface area contributed by atoms with E-state index in [2.05, 4.69) is 25.7 Å². The quantitative estimate of drug-likeness (QED) is 0.589. The van der Waals surface area contributed by atoms with Gasteiger partial charge in [-0.25, -0.2) is 0 Å². The van der Waals surface area contributed by atoms with E-state index in [0.29, 0.717) is 19.1 Å². The molecule has 0 aliphatic rings. The van der Waals surface area contributed by atoms with Gasteiger partial charge < -0.3 is 4.74 Å². The Morgan fingerprint density at radius 2 is 2.00 bits per heavy atom. The van der Waals surface area contributed by atoms with Crippen LogP contribution in [0.15, 0.2) is 0 Å². The second kappa shape index (κ2) is 7.80. The minimum Gasteiger partial charge on any atom is -0.465 e. The number of esters is 1. The van der Waals surface area contributed by atoms with Crippen molar-refractivity contribution in [1.29, 1.82) is 0 Å². The summed E-state index contributed by atoms with van der Waals surface area (Å²) in [5.74, 6) is 0.484. The van der Waals surface area contributed by atoms with Crippen LogP contribution in [-0.4, -0.2) is 37.1 Å². The van der Waals surface area contributed by atoms with E-state index in [1.165, 1.54) is 0 Å². The SMILES string of the molecule is CCCN(CC(=O)OCC)CC(C)C. The number of carbonyl (C=O) groups is 1. The maximum atomic E-state index is 11.2. The topological polar surface area (TPSA) is 29.5 Å². The third-order valence-electron chi connectivity index (χ3n) is 1.82. The molecule has 0 rings (SSSR count). The fraction of sp³-hybridized carbons (Fsp3) is 0.909. The molecule has 0 radical (unpaired) electrons. The summed E-state index contributed by atoms with van der Waals surface area (Å²) in [4.78, 5) is 13.4. The zero-order valence-electron chi connectivity index (χ0n) is 9.88. The number of hydrogen-bond donors (Lipinski definition) is 0. The summed E-state index contributed by atoms with van der Waals surface area (Å²) < 4.78 is 4.92. The lowest BCUT2D eigenvalue weighted by atomic mass is 10.2. The lowest BCUT2D eigenvalue weighted by Crippen LogP contribution is -2.34. The average Bonchev–Trinajstić information content (AvgIpc) is 2.03. The summed E-state index contributed by atoms with van der Waals surface area (Å²) in [5.41, 5.74) is 0. The first kappa shape index (κ1) is 13.4. The Balaban J connectivity index is 3.88. The molecular formula is C11H23NO2. The fourth-order valence-corrected chi connectivity index (χ4v) is 1.46. The highest BCUT2D eigenvalue weighted by molar-refractivity contribution is 5.71. The van der Waals surface area contributed by atoms with Gasteiger partial charge in [0.05, 0.1) is 13.2 Å². The molecule has 0 saturated carbocycles. The summed E-state index contributed by atoms with van der Waals surface area (Å²) in [6.45, 7) is 11.1. The number of rotatable bonds is 7. The lowest BCUT2D eigenvalue weighted by molar-refractivity contribution is -0.144. The van der Waals surface area contributed by atoms with Crippen LogP contribution in [0.5, 0.6) is 0 Å².